The predicted octanol–water partition coefficient (Wildman–Crippen LogP) is 3.53. The zero-order valence-electron chi connectivity index (χ0n) is 10.3. The van der Waals surface area contributed by atoms with Gasteiger partial charge in [-0.2, -0.15) is 11.8 Å². The molecule has 94 valence electrons. The molecule has 1 fully saturated rings. The largest absolute Gasteiger partial charge is 0.368 e. The van der Waals surface area contributed by atoms with Crippen LogP contribution in [0.2, 0.25) is 5.28 Å². The molecule has 0 amide bonds. The summed E-state index contributed by atoms with van der Waals surface area (Å²) < 4.78 is 0.379. The number of nitrogens with zero attached hydrogens (tertiary/aromatic N) is 2. The molecule has 1 aromatic heterocycles. The number of hydrogen-bond donors (Lipinski definition) is 1. The van der Waals surface area contributed by atoms with Crippen molar-refractivity contribution in [1.29, 1.82) is 0 Å². The highest BCUT2D eigenvalue weighted by atomic mass is 35.5. The molecule has 0 saturated heterocycles. The third-order valence-electron chi connectivity index (χ3n) is 3.47. The molecule has 0 unspecified atom stereocenters. The van der Waals surface area contributed by atoms with Crippen LogP contribution >= 0.6 is 23.4 Å². The van der Waals surface area contributed by atoms with Crippen molar-refractivity contribution >= 4 is 29.2 Å². The van der Waals surface area contributed by atoms with Crippen LogP contribution in [-0.2, 0) is 0 Å². The van der Waals surface area contributed by atoms with Crippen LogP contribution in [0, 0.1) is 6.92 Å². The highest BCUT2D eigenvalue weighted by Crippen LogP contribution is 2.40. The topological polar surface area (TPSA) is 37.8 Å². The third kappa shape index (κ3) is 3.05. The Bertz CT molecular complexity index is 391. The van der Waals surface area contributed by atoms with Crippen molar-refractivity contribution < 1.29 is 0 Å². The zero-order valence-corrected chi connectivity index (χ0v) is 11.9. The quantitative estimate of drug-likeness (QED) is 0.851. The van der Waals surface area contributed by atoms with Gasteiger partial charge in [0.15, 0.2) is 0 Å². The van der Waals surface area contributed by atoms with Crippen molar-refractivity contribution in [1.82, 2.24) is 9.97 Å². The molecule has 17 heavy (non-hydrogen) atoms. The summed E-state index contributed by atoms with van der Waals surface area (Å²) in [5, 5.41) is 3.74. The van der Waals surface area contributed by atoms with E-state index in [1.165, 1.54) is 25.7 Å². The number of hydrogen-bond acceptors (Lipinski definition) is 4. The van der Waals surface area contributed by atoms with Crippen LogP contribution in [-0.4, -0.2) is 27.5 Å². The molecule has 0 aromatic carbocycles. The van der Waals surface area contributed by atoms with Gasteiger partial charge in [0.05, 0.1) is 0 Å². The average Bonchev–Trinajstić information content (AvgIpc) is 2.80. The van der Waals surface area contributed by atoms with Crippen molar-refractivity contribution in [2.75, 3.05) is 18.1 Å². The van der Waals surface area contributed by atoms with E-state index in [1.54, 1.807) is 6.20 Å². The first-order valence-corrected chi connectivity index (χ1v) is 7.54. The Morgan fingerprint density at radius 3 is 2.82 bits per heavy atom. The lowest BCUT2D eigenvalue weighted by molar-refractivity contribution is 0.638. The molecule has 0 spiro atoms. The average molecular weight is 272 g/mol. The van der Waals surface area contributed by atoms with Crippen LogP contribution in [0.4, 0.5) is 5.82 Å². The molecule has 0 atom stereocenters. The van der Waals surface area contributed by atoms with Gasteiger partial charge >= 0.3 is 0 Å². The molecule has 0 bridgehead atoms. The van der Waals surface area contributed by atoms with Crippen molar-refractivity contribution in [3.63, 3.8) is 0 Å². The summed E-state index contributed by atoms with van der Waals surface area (Å²) >= 11 is 7.78. The number of aryl methyl sites for hydroxylation is 1. The summed E-state index contributed by atoms with van der Waals surface area (Å²) in [5.74, 6) is 0.866. The van der Waals surface area contributed by atoms with E-state index in [1.807, 2.05) is 18.7 Å². The van der Waals surface area contributed by atoms with E-state index in [0.29, 0.717) is 10.0 Å². The second-order valence-electron chi connectivity index (χ2n) is 4.62. The van der Waals surface area contributed by atoms with E-state index in [2.05, 4.69) is 21.5 Å². The Hall–Kier alpha value is -0.480. The minimum atomic E-state index is 0.308. The number of halogens is 1. The molecule has 1 aliphatic carbocycles. The van der Waals surface area contributed by atoms with Crippen molar-refractivity contribution in [2.45, 2.75) is 37.4 Å². The van der Waals surface area contributed by atoms with Gasteiger partial charge in [0.1, 0.15) is 5.82 Å². The van der Waals surface area contributed by atoms with Crippen molar-refractivity contribution in [3.8, 4) is 0 Å². The third-order valence-corrected chi connectivity index (χ3v) is 5.07. The number of thioether (sulfide) groups is 1. The lowest BCUT2D eigenvalue weighted by atomic mass is 10.1. The van der Waals surface area contributed by atoms with Gasteiger partial charge in [-0.25, -0.2) is 9.97 Å². The maximum atomic E-state index is 5.81. The van der Waals surface area contributed by atoms with E-state index < -0.39 is 0 Å². The molecule has 1 N–H and O–H groups in total. The molecular weight excluding hydrogens is 254 g/mol. The van der Waals surface area contributed by atoms with Crippen LogP contribution in [0.1, 0.15) is 31.2 Å². The van der Waals surface area contributed by atoms with Gasteiger partial charge < -0.3 is 5.32 Å². The van der Waals surface area contributed by atoms with Crippen molar-refractivity contribution in [2.24, 2.45) is 0 Å². The summed E-state index contributed by atoms with van der Waals surface area (Å²) in [5.41, 5.74) is 1.05. The normalized spacial score (nSPS) is 18.3. The molecule has 0 radical (unpaired) electrons. The first kappa shape index (κ1) is 13.0. The van der Waals surface area contributed by atoms with Gasteiger partial charge in [-0.3, -0.25) is 0 Å². The fourth-order valence-electron chi connectivity index (χ4n) is 2.32. The fraction of sp³-hybridized carbons (Fsp3) is 0.667. The van der Waals surface area contributed by atoms with Gasteiger partial charge in [-0.1, -0.05) is 12.8 Å². The van der Waals surface area contributed by atoms with Crippen LogP contribution in [0.25, 0.3) is 0 Å². The van der Waals surface area contributed by atoms with E-state index in [0.717, 1.165) is 17.9 Å². The standard InChI is InChI=1S/C12H18ClN3S/c1-9-7-14-11(13)16-10(9)15-8-12(17-2)5-3-4-6-12/h7H,3-6,8H2,1-2H3,(H,14,15,16). The molecule has 1 aliphatic rings. The minimum Gasteiger partial charge on any atom is -0.368 e. The number of nitrogens with one attached hydrogen (secondary N) is 1. The van der Waals surface area contributed by atoms with Gasteiger partial charge in [0.25, 0.3) is 0 Å². The van der Waals surface area contributed by atoms with Gasteiger partial charge in [0.2, 0.25) is 5.28 Å². The zero-order chi connectivity index (χ0) is 12.3. The summed E-state index contributed by atoms with van der Waals surface area (Å²) in [6.45, 7) is 2.96. The lowest BCUT2D eigenvalue weighted by Crippen LogP contribution is -2.30. The summed E-state index contributed by atoms with van der Waals surface area (Å²) in [7, 11) is 0. The molecule has 3 nitrogen and oxygen atoms in total. The van der Waals surface area contributed by atoms with Crippen LogP contribution in [0.15, 0.2) is 6.20 Å². The Balaban J connectivity index is 2.03. The maximum absolute atomic E-state index is 5.81. The monoisotopic (exact) mass is 271 g/mol. The first-order chi connectivity index (χ1) is 8.15. The Labute approximate surface area is 112 Å². The molecular formula is C12H18ClN3S. The fourth-order valence-corrected chi connectivity index (χ4v) is 3.36. The Morgan fingerprint density at radius 1 is 1.47 bits per heavy atom. The van der Waals surface area contributed by atoms with Crippen LogP contribution < -0.4 is 5.32 Å². The Morgan fingerprint density at radius 2 is 2.18 bits per heavy atom. The number of aromatic nitrogens is 2. The van der Waals surface area contributed by atoms with Crippen LogP contribution in [0.3, 0.4) is 0 Å². The summed E-state index contributed by atoms with van der Waals surface area (Å²) in [4.78, 5) is 8.20. The van der Waals surface area contributed by atoms with Crippen molar-refractivity contribution in [3.05, 3.63) is 17.0 Å². The first-order valence-electron chi connectivity index (χ1n) is 5.93. The van der Waals surface area contributed by atoms with E-state index >= 15 is 0 Å². The number of anilines is 1. The van der Waals surface area contributed by atoms with E-state index in [9.17, 15) is 0 Å². The highest BCUT2D eigenvalue weighted by molar-refractivity contribution is 8.00. The lowest BCUT2D eigenvalue weighted by Gasteiger charge is -2.27. The SMILES string of the molecule is CSC1(CNc2nc(Cl)ncc2C)CCCC1. The molecule has 5 heteroatoms. The maximum Gasteiger partial charge on any atom is 0.224 e. The van der Waals surface area contributed by atoms with E-state index in [4.69, 9.17) is 11.6 Å². The van der Waals surface area contributed by atoms with Gasteiger partial charge in [-0.05, 0) is 37.6 Å². The molecule has 1 heterocycles. The number of rotatable bonds is 4. The smallest absolute Gasteiger partial charge is 0.224 e. The van der Waals surface area contributed by atoms with Crippen LogP contribution in [0.5, 0.6) is 0 Å². The Kier molecular flexibility index (Phi) is 4.15. The second-order valence-corrected chi connectivity index (χ2v) is 6.23. The van der Waals surface area contributed by atoms with Gasteiger partial charge in [-0.15, -0.1) is 0 Å². The predicted molar refractivity (Wildman–Crippen MR) is 75.0 cm³/mol. The second kappa shape index (κ2) is 5.44. The summed E-state index contributed by atoms with van der Waals surface area (Å²) in [6.07, 6.45) is 9.22. The molecule has 1 aromatic rings. The van der Waals surface area contributed by atoms with E-state index in [-0.39, 0.29) is 0 Å². The molecule has 0 aliphatic heterocycles. The minimum absolute atomic E-state index is 0.308. The highest BCUT2D eigenvalue weighted by Gasteiger charge is 2.32. The van der Waals surface area contributed by atoms with Gasteiger partial charge in [0, 0.05) is 23.1 Å². The molecule has 2 rings (SSSR count). The molecule has 1 saturated carbocycles. The summed E-state index contributed by atoms with van der Waals surface area (Å²) in [6, 6.07) is 0.